The lowest BCUT2D eigenvalue weighted by Gasteiger charge is -2.19. The molecule has 0 spiro atoms. The zero-order chi connectivity index (χ0) is 18.2. The summed E-state index contributed by atoms with van der Waals surface area (Å²) in [4.78, 5) is 10.9. The maximum atomic E-state index is 10.9. The van der Waals surface area contributed by atoms with Crippen LogP contribution in [0.1, 0.15) is 27.0 Å². The maximum absolute atomic E-state index is 10.9. The molecule has 3 rings (SSSR count). The summed E-state index contributed by atoms with van der Waals surface area (Å²) in [6.07, 6.45) is 1.76. The normalized spacial score (nSPS) is 10.8. The summed E-state index contributed by atoms with van der Waals surface area (Å²) in [5.41, 5.74) is 3.50. The first-order valence-electron chi connectivity index (χ1n) is 8.41. The second kappa shape index (κ2) is 8.62. The fourth-order valence-corrected chi connectivity index (χ4v) is 2.59. The predicted octanol–water partition coefficient (Wildman–Crippen LogP) is 4.42. The molecule has 0 aromatic heterocycles. The molecule has 0 unspecified atom stereocenters. The molecule has 0 aliphatic heterocycles. The third-order valence-electron chi connectivity index (χ3n) is 3.94. The molecule has 26 heavy (non-hydrogen) atoms. The fraction of sp³-hybridized carbons (Fsp3) is 0.0909. The number of carboxylic acid groups (broad SMARTS) is 1. The van der Waals surface area contributed by atoms with Crippen LogP contribution in [0.15, 0.2) is 90.0 Å². The minimum Gasteiger partial charge on any atom is -0.478 e. The van der Waals surface area contributed by atoms with E-state index in [1.165, 1.54) is 11.1 Å². The van der Waals surface area contributed by atoms with Crippen molar-refractivity contribution in [2.75, 3.05) is 0 Å². The van der Waals surface area contributed by atoms with Gasteiger partial charge in [0.1, 0.15) is 0 Å². The van der Waals surface area contributed by atoms with Crippen molar-refractivity contribution in [1.29, 1.82) is 0 Å². The highest BCUT2D eigenvalue weighted by molar-refractivity contribution is 5.89. The predicted molar refractivity (Wildman–Crippen MR) is 103 cm³/mol. The summed E-state index contributed by atoms with van der Waals surface area (Å²) in [5.74, 6) is -0.928. The summed E-state index contributed by atoms with van der Waals surface area (Å²) in [7, 11) is 0. The Labute approximate surface area is 153 Å². The van der Waals surface area contributed by atoms with Crippen LogP contribution < -0.4 is 0 Å². The molecule has 0 atom stereocenters. The number of carboxylic acids is 1. The van der Waals surface area contributed by atoms with Gasteiger partial charge in [-0.05, 0) is 28.8 Å². The van der Waals surface area contributed by atoms with Crippen LogP contribution in [-0.2, 0) is 13.1 Å². The summed E-state index contributed by atoms with van der Waals surface area (Å²) in [5, 5.41) is 15.6. The number of carbonyl (C=O) groups is 1. The molecule has 0 fully saturated rings. The van der Waals surface area contributed by atoms with E-state index in [0.29, 0.717) is 13.1 Å². The third-order valence-corrected chi connectivity index (χ3v) is 3.94. The molecule has 1 N–H and O–H groups in total. The molecular weight excluding hydrogens is 324 g/mol. The smallest absolute Gasteiger partial charge is 0.335 e. The first kappa shape index (κ1) is 17.4. The molecule has 0 saturated heterocycles. The average Bonchev–Trinajstić information content (AvgIpc) is 2.68. The number of hydrogen-bond acceptors (Lipinski definition) is 3. The summed E-state index contributed by atoms with van der Waals surface area (Å²) in [6.45, 7) is 1.39. The lowest BCUT2D eigenvalue weighted by atomic mass is 10.1. The quantitative estimate of drug-likeness (QED) is 0.510. The van der Waals surface area contributed by atoms with Gasteiger partial charge in [0.25, 0.3) is 0 Å². The van der Waals surface area contributed by atoms with Crippen LogP contribution >= 0.6 is 0 Å². The van der Waals surface area contributed by atoms with Gasteiger partial charge in [0, 0.05) is 0 Å². The van der Waals surface area contributed by atoms with Crippen LogP contribution in [0.4, 0.5) is 0 Å². The van der Waals surface area contributed by atoms with Crippen molar-refractivity contribution in [1.82, 2.24) is 5.01 Å². The molecule has 0 aliphatic carbocycles. The topological polar surface area (TPSA) is 52.9 Å². The Kier molecular flexibility index (Phi) is 5.78. The van der Waals surface area contributed by atoms with E-state index < -0.39 is 5.97 Å². The molecule has 0 heterocycles. The minimum atomic E-state index is -0.928. The second-order valence-corrected chi connectivity index (χ2v) is 5.97. The van der Waals surface area contributed by atoms with Crippen molar-refractivity contribution in [3.63, 3.8) is 0 Å². The highest BCUT2D eigenvalue weighted by atomic mass is 16.4. The van der Waals surface area contributed by atoms with Crippen molar-refractivity contribution in [2.45, 2.75) is 13.1 Å². The van der Waals surface area contributed by atoms with Crippen LogP contribution in [0.3, 0.4) is 0 Å². The molecule has 0 amide bonds. The Hall–Kier alpha value is -3.40. The highest BCUT2D eigenvalue weighted by Gasteiger charge is 2.05. The van der Waals surface area contributed by atoms with Gasteiger partial charge in [0.05, 0.1) is 24.9 Å². The van der Waals surface area contributed by atoms with E-state index in [0.717, 1.165) is 5.56 Å². The molecule has 0 bridgehead atoms. The van der Waals surface area contributed by atoms with Crippen molar-refractivity contribution >= 4 is 12.2 Å². The first-order valence-corrected chi connectivity index (χ1v) is 8.41. The second-order valence-electron chi connectivity index (χ2n) is 5.97. The summed E-state index contributed by atoms with van der Waals surface area (Å²) >= 11 is 0. The lowest BCUT2D eigenvalue weighted by molar-refractivity contribution is 0.0697. The van der Waals surface area contributed by atoms with Gasteiger partial charge in [-0.25, -0.2) is 4.79 Å². The van der Waals surface area contributed by atoms with Gasteiger partial charge >= 0.3 is 5.97 Å². The van der Waals surface area contributed by atoms with Crippen molar-refractivity contribution in [2.24, 2.45) is 5.10 Å². The molecule has 4 heteroatoms. The summed E-state index contributed by atoms with van der Waals surface area (Å²) < 4.78 is 0. The zero-order valence-corrected chi connectivity index (χ0v) is 14.3. The third kappa shape index (κ3) is 5.05. The number of nitrogens with zero attached hydrogens (tertiary/aromatic N) is 2. The van der Waals surface area contributed by atoms with Crippen LogP contribution in [0.2, 0.25) is 0 Å². The van der Waals surface area contributed by atoms with Crippen LogP contribution in [0.5, 0.6) is 0 Å². The van der Waals surface area contributed by atoms with Crippen molar-refractivity contribution in [3.05, 3.63) is 107 Å². The Morgan fingerprint density at radius 1 is 0.808 bits per heavy atom. The Bertz CT molecular complexity index is 818. The van der Waals surface area contributed by atoms with Gasteiger partial charge in [0.15, 0.2) is 0 Å². The SMILES string of the molecule is O=C(O)c1ccc(C=NN(Cc2ccccc2)Cc2ccccc2)cc1. The number of rotatable bonds is 7. The first-order chi connectivity index (χ1) is 12.7. The largest absolute Gasteiger partial charge is 0.478 e. The van der Waals surface area contributed by atoms with Gasteiger partial charge in [-0.2, -0.15) is 5.10 Å². The number of hydrazone groups is 1. The van der Waals surface area contributed by atoms with Crippen LogP contribution in [0.25, 0.3) is 0 Å². The molecule has 4 nitrogen and oxygen atoms in total. The van der Waals surface area contributed by atoms with Gasteiger partial charge in [-0.1, -0.05) is 72.8 Å². The van der Waals surface area contributed by atoms with E-state index in [-0.39, 0.29) is 5.56 Å². The fourth-order valence-electron chi connectivity index (χ4n) is 2.59. The Morgan fingerprint density at radius 3 is 1.77 bits per heavy atom. The molecule has 3 aromatic carbocycles. The number of benzene rings is 3. The van der Waals surface area contributed by atoms with Gasteiger partial charge < -0.3 is 5.11 Å². The van der Waals surface area contributed by atoms with E-state index >= 15 is 0 Å². The van der Waals surface area contributed by atoms with Crippen molar-refractivity contribution < 1.29 is 9.90 Å². The number of hydrogen-bond donors (Lipinski definition) is 1. The van der Waals surface area contributed by atoms with E-state index in [2.05, 4.69) is 29.4 Å². The van der Waals surface area contributed by atoms with Crippen molar-refractivity contribution in [3.8, 4) is 0 Å². The van der Waals surface area contributed by atoms with E-state index in [1.54, 1.807) is 30.5 Å². The van der Waals surface area contributed by atoms with Gasteiger partial charge in [0.2, 0.25) is 0 Å². The minimum absolute atomic E-state index is 0.271. The number of aromatic carboxylic acids is 1. The monoisotopic (exact) mass is 344 g/mol. The molecule has 130 valence electrons. The molecule has 0 aliphatic rings. The molecular formula is C22H20N2O2. The summed E-state index contributed by atoms with van der Waals surface area (Å²) in [6, 6.07) is 27.1. The van der Waals surface area contributed by atoms with E-state index in [4.69, 9.17) is 5.11 Å². The molecule has 3 aromatic rings. The maximum Gasteiger partial charge on any atom is 0.335 e. The molecule has 0 saturated carbocycles. The van der Waals surface area contributed by atoms with E-state index in [1.807, 2.05) is 41.4 Å². The van der Waals surface area contributed by atoms with Gasteiger partial charge in [-0.15, -0.1) is 0 Å². The van der Waals surface area contributed by atoms with E-state index in [9.17, 15) is 4.79 Å². The standard InChI is InChI=1S/C22H20N2O2/c25-22(26)21-13-11-18(12-14-21)15-23-24(16-19-7-3-1-4-8-19)17-20-9-5-2-6-10-20/h1-15H,16-17H2,(H,25,26). The highest BCUT2D eigenvalue weighted by Crippen LogP contribution is 2.11. The van der Waals surface area contributed by atoms with Crippen LogP contribution in [0, 0.1) is 0 Å². The Morgan fingerprint density at radius 2 is 1.31 bits per heavy atom. The zero-order valence-electron chi connectivity index (χ0n) is 14.3. The van der Waals surface area contributed by atoms with Gasteiger partial charge in [-0.3, -0.25) is 5.01 Å². The average molecular weight is 344 g/mol. The lowest BCUT2D eigenvalue weighted by Crippen LogP contribution is -2.17. The Balaban J connectivity index is 1.76. The molecule has 0 radical (unpaired) electrons. The van der Waals surface area contributed by atoms with Crippen LogP contribution in [-0.4, -0.2) is 22.3 Å².